The Morgan fingerprint density at radius 1 is 1.43 bits per heavy atom. The summed E-state index contributed by atoms with van der Waals surface area (Å²) in [6.45, 7) is 5.10. The molecule has 0 radical (unpaired) electrons. The van der Waals surface area contributed by atoms with Gasteiger partial charge in [0, 0.05) is 12.1 Å². The van der Waals surface area contributed by atoms with Crippen LogP contribution in [0.2, 0.25) is 0 Å². The molecule has 1 rings (SSSR count). The van der Waals surface area contributed by atoms with Crippen LogP contribution in [0.3, 0.4) is 0 Å². The summed E-state index contributed by atoms with van der Waals surface area (Å²) in [5.74, 6) is 0.545. The van der Waals surface area contributed by atoms with Crippen LogP contribution in [0, 0.1) is 0 Å². The highest BCUT2D eigenvalue weighted by Gasteiger charge is 2.13. The van der Waals surface area contributed by atoms with E-state index < -0.39 is 0 Å². The first-order valence-electron chi connectivity index (χ1n) is 4.68. The zero-order valence-electron chi connectivity index (χ0n) is 8.96. The topological polar surface area (TPSA) is 63.0 Å². The van der Waals surface area contributed by atoms with Crippen LogP contribution < -0.4 is 16.4 Å². The Labute approximate surface area is 84.9 Å². The zero-order chi connectivity index (χ0) is 10.6. The minimum atomic E-state index is 0.0708. The van der Waals surface area contributed by atoms with Crippen molar-refractivity contribution in [3.63, 3.8) is 0 Å². The molecule has 4 nitrogen and oxygen atoms in total. The van der Waals surface area contributed by atoms with Crippen LogP contribution in [0.1, 0.15) is 13.8 Å². The molecule has 1 aromatic heterocycles. The lowest BCUT2D eigenvalue weighted by Crippen LogP contribution is -2.42. The molecular weight excluding hydrogens is 176 g/mol. The van der Waals surface area contributed by atoms with Gasteiger partial charge in [0.2, 0.25) is 0 Å². The van der Waals surface area contributed by atoms with E-state index in [1.54, 1.807) is 12.3 Å². The van der Waals surface area contributed by atoms with Gasteiger partial charge in [0.05, 0.1) is 11.9 Å². The molecule has 0 aliphatic carbocycles. The number of nitrogen functional groups attached to an aromatic ring is 1. The van der Waals surface area contributed by atoms with Gasteiger partial charge >= 0.3 is 0 Å². The molecule has 0 aromatic carbocycles. The van der Waals surface area contributed by atoms with E-state index in [1.165, 1.54) is 0 Å². The van der Waals surface area contributed by atoms with Gasteiger partial charge in [0.25, 0.3) is 0 Å². The molecule has 0 unspecified atom stereocenters. The maximum atomic E-state index is 5.48. The lowest BCUT2D eigenvalue weighted by molar-refractivity contribution is 0.448. The summed E-state index contributed by atoms with van der Waals surface area (Å²) < 4.78 is 0. The summed E-state index contributed by atoms with van der Waals surface area (Å²) in [5.41, 5.74) is 6.54. The molecule has 0 spiro atoms. The van der Waals surface area contributed by atoms with E-state index in [1.807, 2.05) is 13.1 Å². The Morgan fingerprint density at radius 2 is 2.14 bits per heavy atom. The van der Waals surface area contributed by atoms with Gasteiger partial charge < -0.3 is 16.4 Å². The van der Waals surface area contributed by atoms with Crippen molar-refractivity contribution in [1.82, 2.24) is 10.3 Å². The molecule has 1 heterocycles. The van der Waals surface area contributed by atoms with Gasteiger partial charge in [0.1, 0.15) is 5.82 Å². The monoisotopic (exact) mass is 194 g/mol. The number of likely N-dealkylation sites (N-methyl/N-ethyl adjacent to an activating group) is 1. The fourth-order valence-corrected chi connectivity index (χ4v) is 0.921. The number of hydrogen-bond acceptors (Lipinski definition) is 4. The van der Waals surface area contributed by atoms with Crippen molar-refractivity contribution in [2.24, 2.45) is 0 Å². The molecule has 0 fully saturated rings. The van der Waals surface area contributed by atoms with Crippen LogP contribution in [-0.2, 0) is 0 Å². The normalized spacial score (nSPS) is 11.4. The largest absolute Gasteiger partial charge is 0.384 e. The van der Waals surface area contributed by atoms with E-state index in [-0.39, 0.29) is 5.54 Å². The van der Waals surface area contributed by atoms with Gasteiger partial charge in [0.15, 0.2) is 0 Å². The first kappa shape index (κ1) is 10.8. The fraction of sp³-hybridized carbons (Fsp3) is 0.500. The minimum absolute atomic E-state index is 0.0708. The standard InChI is InChI=1S/C10H18N4/c1-10(2,12-3)7-14-8-4-5-9(11)13-6-8/h4-6,12,14H,7H2,1-3H3,(H2,11,13). The summed E-state index contributed by atoms with van der Waals surface area (Å²) in [4.78, 5) is 4.00. The average molecular weight is 194 g/mol. The van der Waals surface area contributed by atoms with Gasteiger partial charge in [-0.3, -0.25) is 0 Å². The summed E-state index contributed by atoms with van der Waals surface area (Å²) in [7, 11) is 1.95. The third-order valence-electron chi connectivity index (χ3n) is 2.20. The first-order chi connectivity index (χ1) is 6.53. The SMILES string of the molecule is CNC(C)(C)CNc1ccc(N)nc1. The summed E-state index contributed by atoms with van der Waals surface area (Å²) in [6, 6.07) is 3.71. The van der Waals surface area contributed by atoms with Crippen molar-refractivity contribution in [3.8, 4) is 0 Å². The van der Waals surface area contributed by atoms with Crippen LogP contribution in [-0.4, -0.2) is 24.1 Å². The van der Waals surface area contributed by atoms with E-state index in [0.29, 0.717) is 5.82 Å². The lowest BCUT2D eigenvalue weighted by Gasteiger charge is -2.24. The van der Waals surface area contributed by atoms with Crippen molar-refractivity contribution in [1.29, 1.82) is 0 Å². The molecule has 0 amide bonds. The van der Waals surface area contributed by atoms with Crippen LogP contribution in [0.15, 0.2) is 18.3 Å². The van der Waals surface area contributed by atoms with Crippen LogP contribution >= 0.6 is 0 Å². The number of nitrogens with zero attached hydrogens (tertiary/aromatic N) is 1. The number of anilines is 2. The molecule has 0 saturated carbocycles. The maximum Gasteiger partial charge on any atom is 0.123 e. The molecule has 0 bridgehead atoms. The Balaban J connectivity index is 2.50. The highest BCUT2D eigenvalue weighted by Crippen LogP contribution is 2.09. The van der Waals surface area contributed by atoms with E-state index in [2.05, 4.69) is 29.5 Å². The van der Waals surface area contributed by atoms with E-state index in [4.69, 9.17) is 5.73 Å². The highest BCUT2D eigenvalue weighted by molar-refractivity contribution is 5.45. The first-order valence-corrected chi connectivity index (χ1v) is 4.68. The van der Waals surface area contributed by atoms with Crippen LogP contribution in [0.4, 0.5) is 11.5 Å². The minimum Gasteiger partial charge on any atom is -0.384 e. The van der Waals surface area contributed by atoms with Crippen molar-refractivity contribution < 1.29 is 0 Å². The molecule has 4 N–H and O–H groups in total. The number of nitrogens with two attached hydrogens (primary N) is 1. The number of rotatable bonds is 4. The Hall–Kier alpha value is -1.29. The van der Waals surface area contributed by atoms with E-state index in [9.17, 15) is 0 Å². The maximum absolute atomic E-state index is 5.48. The summed E-state index contributed by atoms with van der Waals surface area (Å²) in [6.07, 6.45) is 1.74. The van der Waals surface area contributed by atoms with Gasteiger partial charge in [-0.25, -0.2) is 4.98 Å². The fourth-order valence-electron chi connectivity index (χ4n) is 0.921. The molecule has 0 aliphatic rings. The summed E-state index contributed by atoms with van der Waals surface area (Å²) in [5, 5.41) is 6.50. The molecule has 0 saturated heterocycles. The summed E-state index contributed by atoms with van der Waals surface area (Å²) >= 11 is 0. The zero-order valence-corrected chi connectivity index (χ0v) is 8.96. The van der Waals surface area contributed by atoms with Crippen LogP contribution in [0.5, 0.6) is 0 Å². The number of pyridine rings is 1. The van der Waals surface area contributed by atoms with Gasteiger partial charge in [-0.1, -0.05) is 0 Å². The smallest absolute Gasteiger partial charge is 0.123 e. The molecule has 0 aliphatic heterocycles. The number of nitrogens with one attached hydrogen (secondary N) is 2. The molecule has 1 aromatic rings. The number of hydrogen-bond donors (Lipinski definition) is 3. The highest BCUT2D eigenvalue weighted by atomic mass is 15.0. The predicted octanol–water partition coefficient (Wildman–Crippen LogP) is 1.07. The molecule has 0 atom stereocenters. The second kappa shape index (κ2) is 4.28. The van der Waals surface area contributed by atoms with Crippen molar-refractivity contribution >= 4 is 11.5 Å². The van der Waals surface area contributed by atoms with Crippen molar-refractivity contribution in [3.05, 3.63) is 18.3 Å². The molecule has 14 heavy (non-hydrogen) atoms. The van der Waals surface area contributed by atoms with Crippen molar-refractivity contribution in [2.45, 2.75) is 19.4 Å². The number of aromatic nitrogens is 1. The molecule has 4 heteroatoms. The Morgan fingerprint density at radius 3 is 2.64 bits per heavy atom. The molecule has 78 valence electrons. The third kappa shape index (κ3) is 3.22. The third-order valence-corrected chi connectivity index (χ3v) is 2.20. The second-order valence-corrected chi connectivity index (χ2v) is 3.96. The van der Waals surface area contributed by atoms with E-state index in [0.717, 1.165) is 12.2 Å². The average Bonchev–Trinajstić information content (AvgIpc) is 2.17. The lowest BCUT2D eigenvalue weighted by atomic mass is 10.1. The Kier molecular flexibility index (Phi) is 3.30. The quantitative estimate of drug-likeness (QED) is 0.671. The second-order valence-electron chi connectivity index (χ2n) is 3.96. The molecular formula is C10H18N4. The Bertz CT molecular complexity index is 279. The van der Waals surface area contributed by atoms with Crippen molar-refractivity contribution in [2.75, 3.05) is 24.6 Å². The van der Waals surface area contributed by atoms with Crippen LogP contribution in [0.25, 0.3) is 0 Å². The predicted molar refractivity (Wildman–Crippen MR) is 60.3 cm³/mol. The van der Waals surface area contributed by atoms with Gasteiger partial charge in [-0.2, -0.15) is 0 Å². The van der Waals surface area contributed by atoms with E-state index >= 15 is 0 Å². The van der Waals surface area contributed by atoms with Gasteiger partial charge in [-0.15, -0.1) is 0 Å². The van der Waals surface area contributed by atoms with Gasteiger partial charge in [-0.05, 0) is 33.0 Å².